The van der Waals surface area contributed by atoms with Gasteiger partial charge in [0.15, 0.2) is 0 Å². The normalized spacial score (nSPS) is 11.9. The number of cyclic esters (lactones) is 2. The molecule has 1 aliphatic heterocycles. The first kappa shape index (κ1) is 12.9. The van der Waals surface area contributed by atoms with Gasteiger partial charge in [-0.15, -0.1) is 0 Å². The van der Waals surface area contributed by atoms with Crippen LogP contribution in [0.4, 0.5) is 0 Å². The van der Waals surface area contributed by atoms with Gasteiger partial charge in [0.25, 0.3) is 0 Å². The Bertz CT molecular complexity index is 314. The van der Waals surface area contributed by atoms with Crippen molar-refractivity contribution in [2.75, 3.05) is 0 Å². The Labute approximate surface area is 94.3 Å². The fourth-order valence-corrected chi connectivity index (χ4v) is 1.03. The molecule has 0 bridgehead atoms. The van der Waals surface area contributed by atoms with Gasteiger partial charge in [0.2, 0.25) is 0 Å². The van der Waals surface area contributed by atoms with Gasteiger partial charge in [-0.1, -0.05) is 26.0 Å². The first-order chi connectivity index (χ1) is 6.29. The average molecular weight is 229 g/mol. The van der Waals surface area contributed by atoms with Crippen molar-refractivity contribution in [1.82, 2.24) is 0 Å². The molecule has 0 amide bonds. The minimum atomic E-state index is -0.550. The quantitative estimate of drug-likeness (QED) is 0.505. The van der Waals surface area contributed by atoms with Crippen LogP contribution in [0.15, 0.2) is 24.3 Å². The average Bonchev–Trinajstić information content (AvgIpc) is 2.47. The van der Waals surface area contributed by atoms with E-state index in [1.165, 1.54) is 0 Å². The van der Waals surface area contributed by atoms with E-state index in [-0.39, 0.29) is 18.6 Å². The maximum atomic E-state index is 10.8. The fourth-order valence-electron chi connectivity index (χ4n) is 1.03. The van der Waals surface area contributed by atoms with Gasteiger partial charge in [-0.3, -0.25) is 0 Å². The summed E-state index contributed by atoms with van der Waals surface area (Å²) in [5.41, 5.74) is 0.718. The van der Waals surface area contributed by atoms with Crippen molar-refractivity contribution >= 4 is 11.9 Å². The number of rotatable bonds is 0. The molecule has 0 saturated heterocycles. The molecule has 0 aromatic heterocycles. The third-order valence-electron chi connectivity index (χ3n) is 1.55. The third-order valence-corrected chi connectivity index (χ3v) is 1.55. The van der Waals surface area contributed by atoms with Gasteiger partial charge in [0.1, 0.15) is 0 Å². The maximum Gasteiger partial charge on any atom is 0.346 e. The van der Waals surface area contributed by atoms with Gasteiger partial charge in [0.05, 0.1) is 11.1 Å². The van der Waals surface area contributed by atoms with Crippen LogP contribution in [0.1, 0.15) is 34.6 Å². The number of esters is 2. The van der Waals surface area contributed by atoms with Crippen LogP contribution < -0.4 is 0 Å². The molecule has 14 heavy (non-hydrogen) atoms. The van der Waals surface area contributed by atoms with Gasteiger partial charge in [0, 0.05) is 18.6 Å². The van der Waals surface area contributed by atoms with Gasteiger partial charge >= 0.3 is 11.9 Å². The van der Waals surface area contributed by atoms with Gasteiger partial charge in [-0.2, -0.15) is 0 Å². The zero-order valence-electron chi connectivity index (χ0n) is 7.98. The zero-order valence-corrected chi connectivity index (χ0v) is 9.38. The molecule has 1 radical (unpaired) electrons. The predicted molar refractivity (Wildman–Crippen MR) is 47.5 cm³/mol. The summed E-state index contributed by atoms with van der Waals surface area (Å²) >= 11 is 0. The molecule has 1 aliphatic rings. The number of fused-ring (bicyclic) bond motifs is 1. The first-order valence-corrected chi connectivity index (χ1v) is 4.14. The number of benzene rings is 1. The standard InChI is InChI=1S/C8H4O3.C2H6.V/c9-7-5-3-1-2-4-6(5)8(10)11-7;1-2;/h1-4H;1-2H3;. The Kier molecular flexibility index (Phi) is 5.20. The van der Waals surface area contributed by atoms with Crippen LogP contribution in [0.25, 0.3) is 0 Å². The first-order valence-electron chi connectivity index (χ1n) is 4.14. The SMILES string of the molecule is CC.O=C1OC(=O)c2ccccc21.[V]. The molecule has 0 fully saturated rings. The topological polar surface area (TPSA) is 43.4 Å². The largest absolute Gasteiger partial charge is 0.386 e. The van der Waals surface area contributed by atoms with E-state index >= 15 is 0 Å². The van der Waals surface area contributed by atoms with Crippen LogP contribution in [0.2, 0.25) is 0 Å². The van der Waals surface area contributed by atoms with E-state index in [9.17, 15) is 9.59 Å². The van der Waals surface area contributed by atoms with Crippen molar-refractivity contribution in [3.63, 3.8) is 0 Å². The molecule has 1 aromatic carbocycles. The number of hydrogen-bond donors (Lipinski definition) is 0. The molecule has 3 nitrogen and oxygen atoms in total. The summed E-state index contributed by atoms with van der Waals surface area (Å²) in [5.74, 6) is -1.10. The van der Waals surface area contributed by atoms with E-state index < -0.39 is 11.9 Å². The van der Waals surface area contributed by atoms with E-state index in [0.717, 1.165) is 0 Å². The summed E-state index contributed by atoms with van der Waals surface area (Å²) in [6, 6.07) is 6.53. The van der Waals surface area contributed by atoms with Gasteiger partial charge in [-0.25, -0.2) is 9.59 Å². The molecule has 0 atom stereocenters. The third kappa shape index (κ3) is 2.25. The predicted octanol–water partition coefficient (Wildman–Crippen LogP) is 2.02. The summed E-state index contributed by atoms with van der Waals surface area (Å²) in [6.45, 7) is 4.00. The Morgan fingerprint density at radius 2 is 1.29 bits per heavy atom. The second kappa shape index (κ2) is 5.63. The number of ether oxygens (including phenoxy) is 1. The zero-order chi connectivity index (χ0) is 9.84. The van der Waals surface area contributed by atoms with Crippen molar-refractivity contribution in [3.8, 4) is 0 Å². The second-order valence-corrected chi connectivity index (χ2v) is 2.22. The van der Waals surface area contributed by atoms with Crippen molar-refractivity contribution in [3.05, 3.63) is 35.4 Å². The van der Waals surface area contributed by atoms with Crippen molar-refractivity contribution in [2.24, 2.45) is 0 Å². The second-order valence-electron chi connectivity index (χ2n) is 2.22. The number of hydrogen-bond acceptors (Lipinski definition) is 3. The summed E-state index contributed by atoms with van der Waals surface area (Å²) in [5, 5.41) is 0. The molecule has 1 heterocycles. The molecular weight excluding hydrogens is 219 g/mol. The molecule has 1 aromatic rings. The number of carbonyl (C=O) groups is 2. The number of carbonyl (C=O) groups excluding carboxylic acids is 2. The molecule has 73 valence electrons. The summed E-state index contributed by atoms with van der Waals surface area (Å²) in [7, 11) is 0. The van der Waals surface area contributed by atoms with E-state index in [0.29, 0.717) is 11.1 Å². The Balaban J connectivity index is 0.000000531. The molecule has 0 aliphatic carbocycles. The Morgan fingerprint density at radius 1 is 0.929 bits per heavy atom. The minimum Gasteiger partial charge on any atom is -0.386 e. The van der Waals surface area contributed by atoms with Crippen LogP contribution in [0.5, 0.6) is 0 Å². The van der Waals surface area contributed by atoms with Crippen LogP contribution >= 0.6 is 0 Å². The summed E-state index contributed by atoms with van der Waals surface area (Å²) in [6.07, 6.45) is 0. The Hall–Kier alpha value is -1.06. The van der Waals surface area contributed by atoms with E-state index in [2.05, 4.69) is 4.74 Å². The molecule has 4 heteroatoms. The van der Waals surface area contributed by atoms with E-state index in [4.69, 9.17) is 0 Å². The molecular formula is C10H10O3V. The van der Waals surface area contributed by atoms with Crippen LogP contribution in [-0.2, 0) is 23.3 Å². The van der Waals surface area contributed by atoms with Gasteiger partial charge in [-0.05, 0) is 12.1 Å². The maximum absolute atomic E-state index is 10.8. The van der Waals surface area contributed by atoms with E-state index in [1.54, 1.807) is 24.3 Å². The Morgan fingerprint density at radius 3 is 1.64 bits per heavy atom. The molecule has 0 unspecified atom stereocenters. The van der Waals surface area contributed by atoms with Crippen LogP contribution in [-0.4, -0.2) is 11.9 Å². The fraction of sp³-hybridized carbons (Fsp3) is 0.200. The van der Waals surface area contributed by atoms with Crippen molar-refractivity contribution < 1.29 is 32.9 Å². The molecule has 0 spiro atoms. The summed E-state index contributed by atoms with van der Waals surface area (Å²) in [4.78, 5) is 21.7. The van der Waals surface area contributed by atoms with Crippen molar-refractivity contribution in [2.45, 2.75) is 13.8 Å². The van der Waals surface area contributed by atoms with Crippen LogP contribution in [0.3, 0.4) is 0 Å². The summed E-state index contributed by atoms with van der Waals surface area (Å²) < 4.78 is 4.35. The smallest absolute Gasteiger partial charge is 0.346 e. The monoisotopic (exact) mass is 229 g/mol. The van der Waals surface area contributed by atoms with E-state index in [1.807, 2.05) is 13.8 Å². The molecule has 0 saturated carbocycles. The van der Waals surface area contributed by atoms with Crippen LogP contribution in [0, 0.1) is 0 Å². The van der Waals surface area contributed by atoms with Crippen molar-refractivity contribution in [1.29, 1.82) is 0 Å². The molecule has 0 N–H and O–H groups in total. The van der Waals surface area contributed by atoms with Gasteiger partial charge < -0.3 is 4.74 Å². The molecule has 2 rings (SSSR count). The minimum absolute atomic E-state index is 0.